The van der Waals surface area contributed by atoms with E-state index in [9.17, 15) is 4.39 Å². The summed E-state index contributed by atoms with van der Waals surface area (Å²) in [7, 11) is 0. The van der Waals surface area contributed by atoms with Crippen LogP contribution in [-0.2, 0) is 5.41 Å². The molecule has 0 radical (unpaired) electrons. The zero-order chi connectivity index (χ0) is 14.8. The van der Waals surface area contributed by atoms with Crippen molar-refractivity contribution in [2.24, 2.45) is 5.84 Å². The van der Waals surface area contributed by atoms with Gasteiger partial charge in [-0.3, -0.25) is 11.3 Å². The van der Waals surface area contributed by atoms with E-state index in [1.807, 2.05) is 44.2 Å². The van der Waals surface area contributed by atoms with Crippen LogP contribution in [0.25, 0.3) is 0 Å². The minimum atomic E-state index is -0.340. The second kappa shape index (κ2) is 5.92. The smallest absolute Gasteiger partial charge is 0.123 e. The molecule has 106 valence electrons. The quantitative estimate of drug-likeness (QED) is 0.661. The maximum atomic E-state index is 13.5. The molecule has 2 aromatic carbocycles. The van der Waals surface area contributed by atoms with Crippen LogP contribution in [0.4, 0.5) is 4.39 Å². The summed E-state index contributed by atoms with van der Waals surface area (Å²) in [6, 6.07) is 14.0. The summed E-state index contributed by atoms with van der Waals surface area (Å²) in [5, 5.41) is 0.498. The fourth-order valence-corrected chi connectivity index (χ4v) is 2.68. The molecule has 1 atom stereocenters. The van der Waals surface area contributed by atoms with Crippen LogP contribution in [-0.4, -0.2) is 0 Å². The normalized spacial score (nSPS) is 13.2. The Bertz CT molecular complexity index is 584. The van der Waals surface area contributed by atoms with Gasteiger partial charge in [0.25, 0.3) is 0 Å². The zero-order valence-electron chi connectivity index (χ0n) is 11.5. The third-order valence-electron chi connectivity index (χ3n) is 3.68. The van der Waals surface area contributed by atoms with E-state index in [-0.39, 0.29) is 17.3 Å². The molecule has 0 aliphatic carbocycles. The van der Waals surface area contributed by atoms with Crippen LogP contribution in [0.5, 0.6) is 0 Å². The molecule has 0 aliphatic rings. The minimum Gasteiger partial charge on any atom is -0.271 e. The highest BCUT2D eigenvalue weighted by atomic mass is 35.5. The molecule has 0 spiro atoms. The molecule has 4 heteroatoms. The van der Waals surface area contributed by atoms with Gasteiger partial charge in [0.05, 0.1) is 6.04 Å². The lowest BCUT2D eigenvalue weighted by Gasteiger charge is -2.35. The van der Waals surface area contributed by atoms with Gasteiger partial charge >= 0.3 is 0 Å². The monoisotopic (exact) mass is 292 g/mol. The Hall–Kier alpha value is -1.42. The third kappa shape index (κ3) is 2.85. The van der Waals surface area contributed by atoms with E-state index in [2.05, 4.69) is 5.43 Å². The first kappa shape index (κ1) is 15.0. The van der Waals surface area contributed by atoms with Crippen molar-refractivity contribution in [1.29, 1.82) is 0 Å². The van der Waals surface area contributed by atoms with Gasteiger partial charge in [0.15, 0.2) is 0 Å². The van der Waals surface area contributed by atoms with Crippen molar-refractivity contribution in [2.45, 2.75) is 25.3 Å². The molecule has 0 saturated carbocycles. The van der Waals surface area contributed by atoms with Gasteiger partial charge in [0.1, 0.15) is 5.82 Å². The van der Waals surface area contributed by atoms with Gasteiger partial charge in [-0.2, -0.15) is 0 Å². The first-order valence-corrected chi connectivity index (χ1v) is 6.81. The van der Waals surface area contributed by atoms with Gasteiger partial charge < -0.3 is 0 Å². The molecule has 0 bridgehead atoms. The molecule has 0 aliphatic heterocycles. The van der Waals surface area contributed by atoms with Gasteiger partial charge in [-0.1, -0.05) is 55.8 Å². The Morgan fingerprint density at radius 2 is 1.80 bits per heavy atom. The third-order valence-corrected chi connectivity index (χ3v) is 4.02. The Balaban J connectivity index is 2.49. The van der Waals surface area contributed by atoms with Crippen molar-refractivity contribution in [2.75, 3.05) is 0 Å². The van der Waals surface area contributed by atoms with Gasteiger partial charge in [-0.15, -0.1) is 0 Å². The lowest BCUT2D eigenvalue weighted by Crippen LogP contribution is -2.41. The molecule has 0 heterocycles. The number of hydrazine groups is 1. The van der Waals surface area contributed by atoms with Crippen LogP contribution in [0, 0.1) is 5.82 Å². The van der Waals surface area contributed by atoms with E-state index < -0.39 is 0 Å². The number of halogens is 2. The minimum absolute atomic E-state index is 0.298. The summed E-state index contributed by atoms with van der Waals surface area (Å²) in [4.78, 5) is 0. The van der Waals surface area contributed by atoms with Crippen LogP contribution in [0.2, 0.25) is 5.02 Å². The molecule has 0 fully saturated rings. The summed E-state index contributed by atoms with van der Waals surface area (Å²) in [6.45, 7) is 4.10. The largest absolute Gasteiger partial charge is 0.271 e. The summed E-state index contributed by atoms with van der Waals surface area (Å²) >= 11 is 6.20. The Morgan fingerprint density at radius 3 is 2.40 bits per heavy atom. The van der Waals surface area contributed by atoms with Gasteiger partial charge in [-0.25, -0.2) is 4.39 Å². The Labute approximate surface area is 123 Å². The summed E-state index contributed by atoms with van der Waals surface area (Å²) < 4.78 is 13.5. The molecule has 0 saturated heterocycles. The number of nitrogens with two attached hydrogens (primary N) is 1. The molecule has 0 amide bonds. The SMILES string of the molecule is CC(C)(c1ccccc1)C(NN)c1cc(F)ccc1Cl. The topological polar surface area (TPSA) is 38.0 Å². The molecule has 2 aromatic rings. The standard InChI is InChI=1S/C16H18ClFN2/c1-16(2,11-6-4-3-5-7-11)15(20-19)13-10-12(18)8-9-14(13)17/h3-10,15,20H,19H2,1-2H3. The highest BCUT2D eigenvalue weighted by Crippen LogP contribution is 2.39. The summed E-state index contributed by atoms with van der Waals surface area (Å²) in [6.07, 6.45) is 0. The van der Waals surface area contributed by atoms with Gasteiger partial charge in [0.2, 0.25) is 0 Å². The number of rotatable bonds is 4. The first-order chi connectivity index (χ1) is 9.46. The summed E-state index contributed by atoms with van der Waals surface area (Å²) in [5.41, 5.74) is 4.19. The highest BCUT2D eigenvalue weighted by molar-refractivity contribution is 6.31. The average molecular weight is 293 g/mol. The molecule has 2 nitrogen and oxygen atoms in total. The van der Waals surface area contributed by atoms with Gasteiger partial charge in [-0.05, 0) is 29.3 Å². The fourth-order valence-electron chi connectivity index (χ4n) is 2.46. The fraction of sp³-hybridized carbons (Fsp3) is 0.250. The predicted octanol–water partition coefficient (Wildman–Crippen LogP) is 3.96. The first-order valence-electron chi connectivity index (χ1n) is 6.43. The average Bonchev–Trinajstić information content (AvgIpc) is 2.44. The second-order valence-corrected chi connectivity index (χ2v) is 5.76. The Morgan fingerprint density at radius 1 is 1.15 bits per heavy atom. The molecule has 1 unspecified atom stereocenters. The van der Waals surface area contributed by atoms with E-state index >= 15 is 0 Å². The molecule has 2 rings (SSSR count). The molecular formula is C16H18ClFN2. The number of benzene rings is 2. The van der Waals surface area contributed by atoms with Crippen molar-refractivity contribution < 1.29 is 4.39 Å². The molecular weight excluding hydrogens is 275 g/mol. The molecule has 3 N–H and O–H groups in total. The highest BCUT2D eigenvalue weighted by Gasteiger charge is 2.33. The van der Waals surface area contributed by atoms with Crippen molar-refractivity contribution in [3.63, 3.8) is 0 Å². The van der Waals surface area contributed by atoms with Crippen molar-refractivity contribution in [3.05, 3.63) is 70.5 Å². The van der Waals surface area contributed by atoms with E-state index in [0.29, 0.717) is 10.6 Å². The van der Waals surface area contributed by atoms with Crippen molar-refractivity contribution in [3.8, 4) is 0 Å². The van der Waals surface area contributed by atoms with E-state index in [1.165, 1.54) is 12.1 Å². The lowest BCUT2D eigenvalue weighted by molar-refractivity contribution is 0.352. The zero-order valence-corrected chi connectivity index (χ0v) is 12.3. The number of nitrogens with one attached hydrogen (secondary N) is 1. The van der Waals surface area contributed by atoms with Crippen molar-refractivity contribution in [1.82, 2.24) is 5.43 Å². The number of hydrogen-bond donors (Lipinski definition) is 2. The second-order valence-electron chi connectivity index (χ2n) is 5.35. The van der Waals surface area contributed by atoms with Crippen LogP contribution >= 0.6 is 11.6 Å². The van der Waals surface area contributed by atoms with Crippen molar-refractivity contribution >= 4 is 11.6 Å². The Kier molecular flexibility index (Phi) is 4.43. The van der Waals surface area contributed by atoms with Gasteiger partial charge in [0, 0.05) is 10.4 Å². The summed E-state index contributed by atoms with van der Waals surface area (Å²) in [5.74, 6) is 5.39. The van der Waals surface area contributed by atoms with E-state index in [1.54, 1.807) is 6.07 Å². The predicted molar refractivity (Wildman–Crippen MR) is 80.9 cm³/mol. The lowest BCUT2D eigenvalue weighted by atomic mass is 9.75. The number of hydrogen-bond acceptors (Lipinski definition) is 2. The molecule has 20 heavy (non-hydrogen) atoms. The maximum absolute atomic E-state index is 13.5. The maximum Gasteiger partial charge on any atom is 0.123 e. The van der Waals surface area contributed by atoms with Crippen LogP contribution in [0.1, 0.15) is 31.0 Å². The van der Waals surface area contributed by atoms with Crippen LogP contribution in [0.15, 0.2) is 48.5 Å². The van der Waals surface area contributed by atoms with Crippen LogP contribution < -0.4 is 11.3 Å². The van der Waals surface area contributed by atoms with E-state index in [4.69, 9.17) is 17.4 Å². The van der Waals surface area contributed by atoms with Crippen LogP contribution in [0.3, 0.4) is 0 Å². The van der Waals surface area contributed by atoms with E-state index in [0.717, 1.165) is 5.56 Å². The molecule has 0 aromatic heterocycles.